The Hall–Kier alpha value is -9.15. The molecule has 28 nitrogen and oxygen atoms in total. The van der Waals surface area contributed by atoms with Gasteiger partial charge in [0.05, 0.1) is 58.8 Å². The summed E-state index contributed by atoms with van der Waals surface area (Å²) in [5.74, 6) is -6.79. The molecule has 0 radical (unpaired) electrons. The smallest absolute Gasteiger partial charge is 0.360 e. The molecule has 0 saturated heterocycles. The zero-order chi connectivity index (χ0) is 69.0. The molecule has 0 aliphatic heterocycles. The number of nitrogens with two attached hydrogens (primary N) is 1. The number of aryl methyl sites for hydroxylation is 4. The zero-order valence-electron chi connectivity index (χ0n) is 54.5. The van der Waals surface area contributed by atoms with Crippen LogP contribution in [0.3, 0.4) is 0 Å². The van der Waals surface area contributed by atoms with Crippen LogP contribution in [0.5, 0.6) is 0 Å². The average molecular weight is 1270 g/mol. The molecule has 0 fully saturated rings. The fourth-order valence-corrected chi connectivity index (χ4v) is 10.4. The summed E-state index contributed by atoms with van der Waals surface area (Å²) in [6.45, 7) is 20.9. The van der Waals surface area contributed by atoms with Crippen LogP contribution in [-0.4, -0.2) is 167 Å². The van der Waals surface area contributed by atoms with E-state index in [4.69, 9.17) is 24.7 Å². The number of carboxylic acid groups (broad SMARTS) is 2. The van der Waals surface area contributed by atoms with Crippen molar-refractivity contribution < 1.29 is 78.0 Å². The molecule has 3 aromatic carbocycles. The summed E-state index contributed by atoms with van der Waals surface area (Å²) in [5, 5.41) is 48.9. The number of amides is 1. The molecule has 0 spiro atoms. The molecule has 0 aliphatic carbocycles. The number of aliphatic hydroxyl groups excluding tert-OH is 3. The molecule has 496 valence electrons. The predicted octanol–water partition coefficient (Wildman–Crippen LogP) is 4.36. The Kier molecular flexibility index (Phi) is 26.2. The molecule has 1 amide bonds. The lowest BCUT2D eigenvalue weighted by atomic mass is 9.95. The summed E-state index contributed by atoms with van der Waals surface area (Å²) in [6.07, 6.45) is -5.67. The molecular weight excluding hydrogens is 1190 g/mol. The first-order chi connectivity index (χ1) is 42.4. The highest BCUT2D eigenvalue weighted by molar-refractivity contribution is 5.93. The van der Waals surface area contributed by atoms with Crippen molar-refractivity contribution in [2.24, 2.45) is 17.6 Å². The molecule has 0 saturated carbocycles. The summed E-state index contributed by atoms with van der Waals surface area (Å²) in [6, 6.07) is 10.4. The first-order valence-electron chi connectivity index (χ1n) is 29.4. The quantitative estimate of drug-likeness (QED) is 0.0362. The zero-order valence-corrected chi connectivity index (χ0v) is 54.5. The van der Waals surface area contributed by atoms with Gasteiger partial charge in [-0.2, -0.15) is 0 Å². The van der Waals surface area contributed by atoms with Crippen LogP contribution in [0, 0.1) is 39.5 Å². The van der Waals surface area contributed by atoms with Crippen LogP contribution in [0.2, 0.25) is 0 Å². The second-order valence-corrected chi connectivity index (χ2v) is 22.7. The van der Waals surface area contributed by atoms with Gasteiger partial charge in [0, 0.05) is 79.1 Å². The molecule has 0 bridgehead atoms. The van der Waals surface area contributed by atoms with Gasteiger partial charge in [-0.1, -0.05) is 34.6 Å². The molecule has 7 N–H and O–H groups in total. The molecule has 91 heavy (non-hydrogen) atoms. The van der Waals surface area contributed by atoms with Crippen molar-refractivity contribution in [3.05, 3.63) is 107 Å². The van der Waals surface area contributed by atoms with Crippen molar-refractivity contribution in [3.8, 4) is 0 Å². The van der Waals surface area contributed by atoms with E-state index in [9.17, 15) is 73.5 Å². The lowest BCUT2D eigenvalue weighted by Crippen LogP contribution is -2.42. The third-order valence-corrected chi connectivity index (χ3v) is 15.4. The minimum absolute atomic E-state index is 0.0564. The molecule has 6 rings (SSSR count). The fraction of sp³-hybridized carbons (Fsp3) is 0.508. The molecule has 9 atom stereocenters. The van der Waals surface area contributed by atoms with E-state index in [-0.39, 0.29) is 31.6 Å². The molecule has 28 heteroatoms. The van der Waals surface area contributed by atoms with E-state index in [1.54, 1.807) is 57.2 Å². The minimum atomic E-state index is -1.48. The SMILES string of the molecule is CC[C@@H](O)[C@@H](O)[C@@H](O)Cn1c(=O)c(C(=O)O)nc2cc(C)c(N(C)C)cc21.CC[C@@H](OC(C)=O)[C@@H](C)[C@H](Cn1c(=O)c(C(=O)O)nc2cc(C)c(N(C)C)cc21)OC(C)=O.CC[C@@H](OC(C)=O)[C@@H](C)[C@H](Cn1c(=O)c(C(N)=O)nc2cc(C)c(C)cc21)OC(C)=O. The molecule has 6 aromatic rings. The maximum atomic E-state index is 13.1. The number of anilines is 2. The maximum Gasteiger partial charge on any atom is 0.360 e. The van der Waals surface area contributed by atoms with Gasteiger partial charge in [-0.25, -0.2) is 24.5 Å². The van der Waals surface area contributed by atoms with Gasteiger partial charge in [0.2, 0.25) is 11.4 Å². The number of primary amides is 1. The number of nitrogens with zero attached hydrogens (tertiary/aromatic N) is 8. The van der Waals surface area contributed by atoms with E-state index in [0.717, 1.165) is 38.2 Å². The second-order valence-electron chi connectivity index (χ2n) is 22.7. The average Bonchev–Trinajstić information content (AvgIpc) is 0.798. The molecule has 3 heterocycles. The van der Waals surface area contributed by atoms with Crippen LogP contribution in [0.25, 0.3) is 33.1 Å². The highest BCUT2D eigenvalue weighted by Crippen LogP contribution is 2.29. The third kappa shape index (κ3) is 18.5. The maximum absolute atomic E-state index is 13.1. The Morgan fingerprint density at radius 3 is 1.10 bits per heavy atom. The number of benzene rings is 3. The monoisotopic (exact) mass is 1270 g/mol. The largest absolute Gasteiger partial charge is 0.476 e. The Labute approximate surface area is 525 Å². The van der Waals surface area contributed by atoms with Crippen LogP contribution < -0.4 is 32.2 Å². The number of fused-ring (bicyclic) bond motifs is 3. The normalized spacial score (nSPS) is 14.2. The van der Waals surface area contributed by atoms with Gasteiger partial charge < -0.3 is 73.7 Å². The van der Waals surface area contributed by atoms with Gasteiger partial charge >= 0.3 is 35.8 Å². The highest BCUT2D eigenvalue weighted by Gasteiger charge is 2.34. The second kappa shape index (κ2) is 32.0. The Morgan fingerprint density at radius 2 is 0.780 bits per heavy atom. The van der Waals surface area contributed by atoms with Crippen LogP contribution in [0.4, 0.5) is 11.4 Å². The van der Waals surface area contributed by atoms with E-state index >= 15 is 0 Å². The number of carbonyl (C=O) groups is 7. The van der Waals surface area contributed by atoms with E-state index in [1.807, 2.05) is 79.5 Å². The number of esters is 4. The first-order valence-corrected chi connectivity index (χ1v) is 29.4. The number of carboxylic acids is 2. The number of aliphatic hydroxyl groups is 3. The number of hydrogen-bond donors (Lipinski definition) is 6. The fourth-order valence-electron chi connectivity index (χ4n) is 10.4. The summed E-state index contributed by atoms with van der Waals surface area (Å²) in [7, 11) is 7.35. The summed E-state index contributed by atoms with van der Waals surface area (Å²) in [5.41, 5.74) is 8.77. The van der Waals surface area contributed by atoms with Gasteiger partial charge in [0.25, 0.3) is 22.6 Å². The van der Waals surface area contributed by atoms with E-state index in [1.165, 1.54) is 36.8 Å². The lowest BCUT2D eigenvalue weighted by molar-refractivity contribution is -0.161. The summed E-state index contributed by atoms with van der Waals surface area (Å²) in [4.78, 5) is 136. The van der Waals surface area contributed by atoms with Gasteiger partial charge in [0.1, 0.15) is 36.6 Å². The van der Waals surface area contributed by atoms with Crippen molar-refractivity contribution in [2.45, 2.75) is 172 Å². The number of rotatable bonds is 24. The number of hydrogen-bond acceptors (Lipinski definition) is 22. The molecular formula is C63H85N9O19. The molecule has 3 aromatic heterocycles. The van der Waals surface area contributed by atoms with Crippen molar-refractivity contribution in [2.75, 3.05) is 38.0 Å². The number of aromatic carboxylic acids is 2. The van der Waals surface area contributed by atoms with Crippen molar-refractivity contribution in [3.63, 3.8) is 0 Å². The van der Waals surface area contributed by atoms with Crippen molar-refractivity contribution >= 4 is 86.2 Å². The van der Waals surface area contributed by atoms with Gasteiger partial charge in [-0.15, -0.1) is 0 Å². The lowest BCUT2D eigenvalue weighted by Gasteiger charge is -2.30. The minimum Gasteiger partial charge on any atom is -0.476 e. The first kappa shape index (κ1) is 74.3. The number of aromatic nitrogens is 6. The highest BCUT2D eigenvalue weighted by atomic mass is 16.6. The van der Waals surface area contributed by atoms with Crippen LogP contribution in [-0.2, 0) is 57.8 Å². The topological polar surface area (TPSA) is 395 Å². The Bertz CT molecular complexity index is 3890. The van der Waals surface area contributed by atoms with Gasteiger partial charge in [-0.3, -0.25) is 38.4 Å². The van der Waals surface area contributed by atoms with E-state index < -0.39 is 130 Å². The van der Waals surface area contributed by atoms with Crippen molar-refractivity contribution in [1.82, 2.24) is 28.7 Å². The number of ether oxygens (including phenoxy) is 4. The van der Waals surface area contributed by atoms with Crippen LogP contribution >= 0.6 is 0 Å². The van der Waals surface area contributed by atoms with Gasteiger partial charge in [-0.05, 0) is 106 Å². The molecule has 0 unspecified atom stereocenters. The van der Waals surface area contributed by atoms with Crippen LogP contribution in [0.15, 0.2) is 50.8 Å². The predicted molar refractivity (Wildman–Crippen MR) is 337 cm³/mol. The summed E-state index contributed by atoms with van der Waals surface area (Å²) >= 11 is 0. The van der Waals surface area contributed by atoms with Crippen molar-refractivity contribution in [1.29, 1.82) is 0 Å². The summed E-state index contributed by atoms with van der Waals surface area (Å²) < 4.78 is 25.5. The Balaban J connectivity index is 0.000000293. The van der Waals surface area contributed by atoms with E-state index in [0.29, 0.717) is 40.4 Å². The van der Waals surface area contributed by atoms with E-state index in [2.05, 4.69) is 15.0 Å². The van der Waals surface area contributed by atoms with Crippen LogP contribution in [0.1, 0.15) is 135 Å². The molecule has 0 aliphatic rings. The Morgan fingerprint density at radius 1 is 0.473 bits per heavy atom. The standard InChI is InChI=1S/C23H31N3O7.C22H29N3O6.C18H25N3O6/c1-8-19(32-14(4)27)13(3)20(33-15(5)28)11-26-18-10-17(25(6)7)12(2)9-16(18)24-21(22(26)29)23(30)31;1-7-18(30-14(5)26)13(4)19(31-15(6)27)10-25-17-9-12(3)11(2)8-16(17)24-20(21(23)28)22(25)29;1-5-13(22)16(24)14(23)8-21-12-7-11(20(3)4)9(2)6-10(12)19-15(17(21)25)18(26)27/h9-10,13,19-20H,8,11H2,1-7H3,(H,30,31);8-9,13,18-19H,7,10H2,1-6H3,(H2,23,28);6-7,13-14,16,22-24H,5,8H2,1-4H3,(H,26,27)/t13-,19-,20+;13-,18-,19+;13-,14+,16-/m111/s1. The number of carbonyl (C=O) groups excluding carboxylic acids is 5. The van der Waals surface area contributed by atoms with Gasteiger partial charge in [0.15, 0.2) is 5.69 Å². The third-order valence-electron chi connectivity index (χ3n) is 15.4.